The fraction of sp³-hybridized carbons (Fsp3) is 0.500. The summed E-state index contributed by atoms with van der Waals surface area (Å²) in [6, 6.07) is 2.82. The number of benzene rings is 1. The lowest BCUT2D eigenvalue weighted by Gasteiger charge is -2.32. The number of anilines is 1. The van der Waals surface area contributed by atoms with Crippen molar-refractivity contribution >= 4 is 28.9 Å². The van der Waals surface area contributed by atoms with Crippen molar-refractivity contribution in [2.75, 3.05) is 18.4 Å². The van der Waals surface area contributed by atoms with Crippen molar-refractivity contribution < 1.29 is 9.72 Å². The van der Waals surface area contributed by atoms with Crippen LogP contribution < -0.4 is 10.6 Å². The molecule has 114 valence electrons. The Bertz CT molecular complexity index is 583. The molecule has 1 aromatic carbocycles. The van der Waals surface area contributed by atoms with E-state index in [2.05, 4.69) is 10.6 Å². The van der Waals surface area contributed by atoms with Crippen LogP contribution in [-0.2, 0) is 4.79 Å². The minimum Gasteiger partial charge on any atom is -0.325 e. The van der Waals surface area contributed by atoms with Crippen LogP contribution in [0.25, 0.3) is 0 Å². The minimum atomic E-state index is -0.533. The van der Waals surface area contributed by atoms with E-state index in [9.17, 15) is 14.9 Å². The minimum absolute atomic E-state index is 0.0244. The van der Waals surface area contributed by atoms with Gasteiger partial charge < -0.3 is 10.6 Å². The van der Waals surface area contributed by atoms with E-state index in [1.165, 1.54) is 12.1 Å². The Morgan fingerprint density at radius 1 is 1.43 bits per heavy atom. The Hall–Kier alpha value is -1.66. The molecule has 7 heteroatoms. The number of hydrogen-bond acceptors (Lipinski definition) is 4. The maximum Gasteiger partial charge on any atom is 0.288 e. The number of nitrogens with zero attached hydrogens (tertiary/aromatic N) is 1. The molecular weight excluding hydrogens is 294 g/mol. The highest BCUT2D eigenvalue weighted by molar-refractivity contribution is 6.33. The van der Waals surface area contributed by atoms with Gasteiger partial charge in [-0.3, -0.25) is 14.9 Å². The summed E-state index contributed by atoms with van der Waals surface area (Å²) in [4.78, 5) is 22.8. The van der Waals surface area contributed by atoms with E-state index < -0.39 is 10.3 Å². The lowest BCUT2D eigenvalue weighted by atomic mass is 9.80. The Kier molecular flexibility index (Phi) is 4.49. The van der Waals surface area contributed by atoms with E-state index in [1.54, 1.807) is 6.92 Å². The first kappa shape index (κ1) is 15.7. The van der Waals surface area contributed by atoms with Gasteiger partial charge in [0.15, 0.2) is 0 Å². The summed E-state index contributed by atoms with van der Waals surface area (Å²) in [5.41, 5.74) is 0.568. The standard InChI is InChI=1S/C14H18ClN3O3/c1-9-7-12(18(20)21)10(15)8-11(9)17-13(19)14(2)3-5-16-6-4-14/h7-8,16H,3-6H2,1-2H3,(H,17,19). The normalized spacial score (nSPS) is 17.3. The molecule has 0 aromatic heterocycles. The van der Waals surface area contributed by atoms with Crippen molar-refractivity contribution in [2.45, 2.75) is 26.7 Å². The number of carbonyl (C=O) groups excluding carboxylic acids is 1. The highest BCUT2D eigenvalue weighted by Crippen LogP contribution is 2.33. The van der Waals surface area contributed by atoms with Gasteiger partial charge in [-0.2, -0.15) is 0 Å². The number of carbonyl (C=O) groups is 1. The van der Waals surface area contributed by atoms with Gasteiger partial charge in [0.05, 0.1) is 4.92 Å². The predicted molar refractivity (Wildman–Crippen MR) is 81.7 cm³/mol. The van der Waals surface area contributed by atoms with Gasteiger partial charge in [0, 0.05) is 17.2 Å². The molecule has 1 aliphatic rings. The summed E-state index contributed by atoms with van der Waals surface area (Å²) in [7, 11) is 0. The van der Waals surface area contributed by atoms with Crippen LogP contribution in [0.15, 0.2) is 12.1 Å². The first-order valence-corrected chi connectivity index (χ1v) is 7.18. The zero-order valence-electron chi connectivity index (χ0n) is 12.0. The molecule has 1 saturated heterocycles. The lowest BCUT2D eigenvalue weighted by molar-refractivity contribution is -0.384. The number of aryl methyl sites for hydroxylation is 1. The van der Waals surface area contributed by atoms with Gasteiger partial charge in [-0.15, -0.1) is 0 Å². The molecule has 0 bridgehead atoms. The third-order valence-electron chi connectivity index (χ3n) is 3.99. The molecule has 1 aromatic rings. The number of hydrogen-bond donors (Lipinski definition) is 2. The van der Waals surface area contributed by atoms with E-state index in [0.29, 0.717) is 11.3 Å². The summed E-state index contributed by atoms with van der Waals surface area (Å²) in [5.74, 6) is -0.0722. The molecule has 0 saturated carbocycles. The van der Waals surface area contributed by atoms with Crippen LogP contribution in [0, 0.1) is 22.5 Å². The number of amides is 1. The van der Waals surface area contributed by atoms with Crippen LogP contribution >= 0.6 is 11.6 Å². The first-order chi connectivity index (χ1) is 9.83. The Labute approximate surface area is 128 Å². The third kappa shape index (κ3) is 3.33. The fourth-order valence-corrected chi connectivity index (χ4v) is 2.65. The van der Waals surface area contributed by atoms with Gasteiger partial charge in [-0.05, 0) is 44.5 Å². The summed E-state index contributed by atoms with van der Waals surface area (Å²) in [6.45, 7) is 5.27. The van der Waals surface area contributed by atoms with Gasteiger partial charge in [0.25, 0.3) is 5.69 Å². The molecule has 2 rings (SSSR count). The lowest BCUT2D eigenvalue weighted by Crippen LogP contribution is -2.42. The molecule has 0 atom stereocenters. The largest absolute Gasteiger partial charge is 0.325 e. The van der Waals surface area contributed by atoms with E-state index in [-0.39, 0.29) is 16.6 Å². The summed E-state index contributed by atoms with van der Waals surface area (Å²) >= 11 is 5.90. The monoisotopic (exact) mass is 311 g/mol. The fourth-order valence-electron chi connectivity index (χ4n) is 2.42. The van der Waals surface area contributed by atoms with E-state index >= 15 is 0 Å². The number of nitro groups is 1. The zero-order chi connectivity index (χ0) is 15.6. The predicted octanol–water partition coefficient (Wildman–Crippen LogP) is 2.88. The average molecular weight is 312 g/mol. The Morgan fingerprint density at radius 3 is 2.62 bits per heavy atom. The van der Waals surface area contributed by atoms with Crippen molar-refractivity contribution in [1.29, 1.82) is 0 Å². The highest BCUT2D eigenvalue weighted by Gasteiger charge is 2.34. The van der Waals surface area contributed by atoms with Crippen LogP contribution in [0.3, 0.4) is 0 Å². The number of piperidine rings is 1. The number of nitro benzene ring substituents is 1. The SMILES string of the molecule is Cc1cc([N+](=O)[O-])c(Cl)cc1NC(=O)C1(C)CCNCC1. The van der Waals surface area contributed by atoms with Crippen LogP contribution in [-0.4, -0.2) is 23.9 Å². The van der Waals surface area contributed by atoms with Gasteiger partial charge in [0.2, 0.25) is 5.91 Å². The second kappa shape index (κ2) is 5.99. The van der Waals surface area contributed by atoms with Gasteiger partial charge in [0.1, 0.15) is 5.02 Å². The molecule has 2 N–H and O–H groups in total. The van der Waals surface area contributed by atoms with Crippen molar-refractivity contribution in [1.82, 2.24) is 5.32 Å². The molecule has 6 nitrogen and oxygen atoms in total. The van der Waals surface area contributed by atoms with Crippen LogP contribution in [0.4, 0.5) is 11.4 Å². The number of rotatable bonds is 3. The van der Waals surface area contributed by atoms with E-state index in [4.69, 9.17) is 11.6 Å². The highest BCUT2D eigenvalue weighted by atomic mass is 35.5. The van der Waals surface area contributed by atoms with Gasteiger partial charge in [-0.1, -0.05) is 18.5 Å². The van der Waals surface area contributed by atoms with Crippen LogP contribution in [0.1, 0.15) is 25.3 Å². The maximum atomic E-state index is 12.5. The molecule has 0 radical (unpaired) electrons. The van der Waals surface area contributed by atoms with Crippen LogP contribution in [0.2, 0.25) is 5.02 Å². The second-order valence-corrected chi connectivity index (χ2v) is 6.05. The second-order valence-electron chi connectivity index (χ2n) is 5.64. The van der Waals surface area contributed by atoms with E-state index in [0.717, 1.165) is 25.9 Å². The third-order valence-corrected chi connectivity index (χ3v) is 4.30. The smallest absolute Gasteiger partial charge is 0.288 e. The van der Waals surface area contributed by atoms with Crippen molar-refractivity contribution in [3.63, 3.8) is 0 Å². The van der Waals surface area contributed by atoms with Gasteiger partial charge >= 0.3 is 0 Å². The van der Waals surface area contributed by atoms with Crippen molar-refractivity contribution in [3.8, 4) is 0 Å². The maximum absolute atomic E-state index is 12.5. The molecular formula is C14H18ClN3O3. The topological polar surface area (TPSA) is 84.3 Å². The summed E-state index contributed by atoms with van der Waals surface area (Å²) in [5, 5.41) is 16.9. The summed E-state index contributed by atoms with van der Waals surface area (Å²) < 4.78 is 0. The molecule has 0 unspecified atom stereocenters. The average Bonchev–Trinajstić information content (AvgIpc) is 2.43. The van der Waals surface area contributed by atoms with Gasteiger partial charge in [-0.25, -0.2) is 0 Å². The quantitative estimate of drug-likeness (QED) is 0.664. The van der Waals surface area contributed by atoms with E-state index in [1.807, 2.05) is 6.92 Å². The molecule has 1 amide bonds. The molecule has 1 heterocycles. The van der Waals surface area contributed by atoms with Crippen molar-refractivity contribution in [3.05, 3.63) is 32.8 Å². The Balaban J connectivity index is 2.21. The Morgan fingerprint density at radius 2 is 2.05 bits per heavy atom. The molecule has 1 fully saturated rings. The summed E-state index contributed by atoms with van der Waals surface area (Å²) in [6.07, 6.45) is 1.52. The molecule has 1 aliphatic heterocycles. The van der Waals surface area contributed by atoms with Crippen molar-refractivity contribution in [2.24, 2.45) is 5.41 Å². The zero-order valence-corrected chi connectivity index (χ0v) is 12.8. The number of halogens is 1. The first-order valence-electron chi connectivity index (χ1n) is 6.80. The molecule has 0 aliphatic carbocycles. The number of nitrogens with one attached hydrogen (secondary N) is 2. The molecule has 0 spiro atoms. The van der Waals surface area contributed by atoms with Crippen LogP contribution in [0.5, 0.6) is 0 Å². The molecule has 21 heavy (non-hydrogen) atoms.